The van der Waals surface area contributed by atoms with Gasteiger partial charge in [0.25, 0.3) is 0 Å². The Morgan fingerprint density at radius 3 is 2.45 bits per heavy atom. The molecule has 0 spiro atoms. The van der Waals surface area contributed by atoms with E-state index in [2.05, 4.69) is 39.8 Å². The van der Waals surface area contributed by atoms with Crippen LogP contribution in [0.3, 0.4) is 0 Å². The molecule has 0 amide bonds. The van der Waals surface area contributed by atoms with Gasteiger partial charge in [-0.1, -0.05) is 32.8 Å². The van der Waals surface area contributed by atoms with Gasteiger partial charge in [-0.15, -0.1) is 6.42 Å². The Morgan fingerprint density at radius 2 is 2.00 bits per heavy atom. The van der Waals surface area contributed by atoms with Gasteiger partial charge in [0.15, 0.2) is 8.32 Å². The molecule has 0 aromatic heterocycles. The second-order valence-corrected chi connectivity index (χ2v) is 11.0. The lowest BCUT2D eigenvalue weighted by molar-refractivity contribution is -0.137. The number of terminal acetylenes is 1. The zero-order chi connectivity index (χ0) is 15.8. The van der Waals surface area contributed by atoms with Crippen molar-refractivity contribution in [2.24, 2.45) is 0 Å². The van der Waals surface area contributed by atoms with Crippen molar-refractivity contribution in [1.29, 1.82) is 0 Å². The van der Waals surface area contributed by atoms with Crippen molar-refractivity contribution in [2.75, 3.05) is 6.61 Å². The van der Waals surface area contributed by atoms with Crippen LogP contribution >= 0.6 is 0 Å². The Labute approximate surface area is 124 Å². The number of carbonyl (C=O) groups is 1. The van der Waals surface area contributed by atoms with E-state index in [1.165, 1.54) is 6.08 Å². The summed E-state index contributed by atoms with van der Waals surface area (Å²) in [5.41, 5.74) is 0. The molecule has 0 aliphatic rings. The van der Waals surface area contributed by atoms with E-state index in [1.54, 1.807) is 13.0 Å². The van der Waals surface area contributed by atoms with E-state index in [9.17, 15) is 4.79 Å². The zero-order valence-electron chi connectivity index (χ0n) is 13.7. The highest BCUT2D eigenvalue weighted by Crippen LogP contribution is 2.37. The minimum Gasteiger partial charge on any atom is -0.463 e. The second kappa shape index (κ2) is 8.28. The summed E-state index contributed by atoms with van der Waals surface area (Å²) in [6.07, 6.45) is 10.0. The van der Waals surface area contributed by atoms with E-state index in [1.807, 2.05) is 0 Å². The fourth-order valence-corrected chi connectivity index (χ4v) is 2.58. The highest BCUT2D eigenvalue weighted by Gasteiger charge is 2.38. The van der Waals surface area contributed by atoms with Crippen LogP contribution in [0.4, 0.5) is 0 Å². The minimum atomic E-state index is -1.84. The second-order valence-electron chi connectivity index (χ2n) is 6.27. The number of hydrogen-bond donors (Lipinski definition) is 0. The number of allylic oxidation sites excluding steroid dienone is 1. The molecule has 1 atom stereocenters. The van der Waals surface area contributed by atoms with Crippen LogP contribution in [-0.2, 0) is 14.0 Å². The van der Waals surface area contributed by atoms with Crippen molar-refractivity contribution in [3.8, 4) is 12.3 Å². The number of rotatable bonds is 7. The van der Waals surface area contributed by atoms with Crippen molar-refractivity contribution in [1.82, 2.24) is 0 Å². The third kappa shape index (κ3) is 6.92. The molecule has 4 heteroatoms. The van der Waals surface area contributed by atoms with Gasteiger partial charge in [0.1, 0.15) is 6.10 Å². The van der Waals surface area contributed by atoms with Crippen molar-refractivity contribution >= 4 is 14.3 Å². The standard InChI is InChI=1S/C16H28O3Si/c1-8-14(19-20(6,7)16(3,4)5)12-10-11-13-15(17)18-9-2/h1,11,13-14H,9-10,12H2,2-7H3/b13-11+/t14-/m1/s1. The maximum absolute atomic E-state index is 11.1. The summed E-state index contributed by atoms with van der Waals surface area (Å²) < 4.78 is 11.0. The van der Waals surface area contributed by atoms with Gasteiger partial charge >= 0.3 is 5.97 Å². The molecular formula is C16H28O3Si. The molecule has 0 rings (SSSR count). The molecule has 0 fully saturated rings. The molecule has 0 bridgehead atoms. The van der Waals surface area contributed by atoms with Gasteiger partial charge in [0, 0.05) is 6.08 Å². The Kier molecular flexibility index (Phi) is 7.85. The van der Waals surface area contributed by atoms with Crippen LogP contribution in [0.5, 0.6) is 0 Å². The molecule has 0 saturated carbocycles. The van der Waals surface area contributed by atoms with Crippen molar-refractivity contribution in [2.45, 2.75) is 64.8 Å². The Morgan fingerprint density at radius 1 is 1.40 bits per heavy atom. The first-order chi connectivity index (χ1) is 9.14. The molecule has 0 N–H and O–H groups in total. The van der Waals surface area contributed by atoms with E-state index in [4.69, 9.17) is 15.6 Å². The summed E-state index contributed by atoms with van der Waals surface area (Å²) >= 11 is 0. The lowest BCUT2D eigenvalue weighted by Gasteiger charge is -2.38. The molecule has 20 heavy (non-hydrogen) atoms. The van der Waals surface area contributed by atoms with Gasteiger partial charge in [-0.2, -0.15) is 0 Å². The average molecular weight is 296 g/mol. The van der Waals surface area contributed by atoms with E-state index in [-0.39, 0.29) is 17.1 Å². The molecule has 114 valence electrons. The minimum absolute atomic E-state index is 0.142. The topological polar surface area (TPSA) is 35.5 Å². The maximum atomic E-state index is 11.1. The number of ether oxygens (including phenoxy) is 1. The molecule has 0 aromatic rings. The van der Waals surface area contributed by atoms with Crippen LogP contribution in [0.2, 0.25) is 18.1 Å². The monoisotopic (exact) mass is 296 g/mol. The van der Waals surface area contributed by atoms with Gasteiger partial charge in [-0.05, 0) is 37.9 Å². The van der Waals surface area contributed by atoms with Crippen LogP contribution in [0.1, 0.15) is 40.5 Å². The van der Waals surface area contributed by atoms with E-state index in [0.717, 1.165) is 6.42 Å². The average Bonchev–Trinajstić information content (AvgIpc) is 2.31. The summed E-state index contributed by atoms with van der Waals surface area (Å²) in [7, 11) is -1.84. The SMILES string of the molecule is C#C[C@H](CC/C=C/C(=O)OCC)O[Si](C)(C)C(C)(C)C. The number of hydrogen-bond acceptors (Lipinski definition) is 3. The summed E-state index contributed by atoms with van der Waals surface area (Å²) in [6.45, 7) is 13.1. The Balaban J connectivity index is 4.32. The first kappa shape index (κ1) is 18.9. The van der Waals surface area contributed by atoms with E-state index >= 15 is 0 Å². The molecule has 0 aromatic carbocycles. The first-order valence-corrected chi connectivity index (χ1v) is 10.0. The van der Waals surface area contributed by atoms with Crippen LogP contribution in [0, 0.1) is 12.3 Å². The van der Waals surface area contributed by atoms with Gasteiger partial charge in [-0.25, -0.2) is 4.79 Å². The van der Waals surface area contributed by atoms with Crippen molar-refractivity contribution in [3.63, 3.8) is 0 Å². The lowest BCUT2D eigenvalue weighted by atomic mass is 10.2. The summed E-state index contributed by atoms with van der Waals surface area (Å²) in [6, 6.07) is 0. The third-order valence-electron chi connectivity index (χ3n) is 3.57. The Hall–Kier alpha value is -1.05. The summed E-state index contributed by atoms with van der Waals surface area (Å²) in [5, 5.41) is 0.142. The highest BCUT2D eigenvalue weighted by atomic mass is 28.4. The molecular weight excluding hydrogens is 268 g/mol. The molecule has 0 heterocycles. The maximum Gasteiger partial charge on any atom is 0.330 e. The van der Waals surface area contributed by atoms with Crippen LogP contribution in [-0.4, -0.2) is 27.0 Å². The fraction of sp³-hybridized carbons (Fsp3) is 0.688. The van der Waals surface area contributed by atoms with Crippen molar-refractivity contribution < 1.29 is 14.0 Å². The first-order valence-electron chi connectivity index (χ1n) is 7.11. The normalized spacial score (nSPS) is 14.1. The van der Waals surface area contributed by atoms with Crippen LogP contribution in [0.15, 0.2) is 12.2 Å². The number of esters is 1. The summed E-state index contributed by atoms with van der Waals surface area (Å²) in [4.78, 5) is 11.1. The van der Waals surface area contributed by atoms with Crippen LogP contribution < -0.4 is 0 Å². The van der Waals surface area contributed by atoms with E-state index < -0.39 is 8.32 Å². The molecule has 0 radical (unpaired) electrons. The van der Waals surface area contributed by atoms with Gasteiger partial charge in [0.2, 0.25) is 0 Å². The number of carbonyl (C=O) groups excluding carboxylic acids is 1. The van der Waals surface area contributed by atoms with Gasteiger partial charge in [-0.3, -0.25) is 0 Å². The predicted octanol–water partition coefficient (Wildman–Crippen LogP) is 3.91. The van der Waals surface area contributed by atoms with E-state index in [0.29, 0.717) is 13.0 Å². The predicted molar refractivity (Wildman–Crippen MR) is 85.9 cm³/mol. The quantitative estimate of drug-likeness (QED) is 0.309. The van der Waals surface area contributed by atoms with Gasteiger partial charge in [0.05, 0.1) is 6.61 Å². The molecule has 0 aliphatic heterocycles. The molecule has 0 unspecified atom stereocenters. The third-order valence-corrected chi connectivity index (χ3v) is 8.05. The highest BCUT2D eigenvalue weighted by molar-refractivity contribution is 6.74. The fourth-order valence-electron chi connectivity index (χ4n) is 1.33. The smallest absolute Gasteiger partial charge is 0.330 e. The van der Waals surface area contributed by atoms with Crippen LogP contribution in [0.25, 0.3) is 0 Å². The van der Waals surface area contributed by atoms with Gasteiger partial charge < -0.3 is 9.16 Å². The largest absolute Gasteiger partial charge is 0.463 e. The molecule has 0 aliphatic carbocycles. The molecule has 0 saturated heterocycles. The molecule has 3 nitrogen and oxygen atoms in total. The lowest BCUT2D eigenvalue weighted by Crippen LogP contribution is -2.43. The zero-order valence-corrected chi connectivity index (χ0v) is 14.7. The van der Waals surface area contributed by atoms with Crippen molar-refractivity contribution in [3.05, 3.63) is 12.2 Å². The summed E-state index contributed by atoms with van der Waals surface area (Å²) in [5.74, 6) is 2.40. The Bertz CT molecular complexity index is 372.